The van der Waals surface area contributed by atoms with Crippen LogP contribution in [0.5, 0.6) is 0 Å². The fourth-order valence-corrected chi connectivity index (χ4v) is 3.41. The fraction of sp³-hybridized carbons (Fsp3) is 0.190. The van der Waals surface area contributed by atoms with E-state index in [-0.39, 0.29) is 29.1 Å². The molecule has 0 radical (unpaired) electrons. The van der Waals surface area contributed by atoms with Gasteiger partial charge in [-0.2, -0.15) is 5.10 Å². The van der Waals surface area contributed by atoms with Crippen LogP contribution in [0.4, 0.5) is 17.6 Å². The lowest BCUT2D eigenvalue weighted by Gasteiger charge is -2.33. The molecule has 6 nitrogen and oxygen atoms in total. The van der Waals surface area contributed by atoms with Gasteiger partial charge in [-0.15, -0.1) is 0 Å². The minimum absolute atomic E-state index is 0.00142. The third-order valence-electron chi connectivity index (χ3n) is 5.17. The molecule has 2 heterocycles. The minimum Gasteiger partial charge on any atom is -0.382 e. The smallest absolute Gasteiger partial charge is 0.168 e. The Morgan fingerprint density at radius 2 is 1.90 bits per heavy atom. The van der Waals surface area contributed by atoms with Gasteiger partial charge in [-0.3, -0.25) is 0 Å². The van der Waals surface area contributed by atoms with Crippen molar-refractivity contribution in [1.82, 2.24) is 19.9 Å². The van der Waals surface area contributed by atoms with Crippen molar-refractivity contribution in [3.05, 3.63) is 89.7 Å². The zero-order valence-corrected chi connectivity index (χ0v) is 16.1. The van der Waals surface area contributed by atoms with Crippen molar-refractivity contribution in [2.75, 3.05) is 0 Å². The molecule has 0 unspecified atom stereocenters. The number of rotatable bonds is 6. The van der Waals surface area contributed by atoms with Gasteiger partial charge in [0.15, 0.2) is 11.6 Å². The van der Waals surface area contributed by atoms with Crippen molar-refractivity contribution in [2.45, 2.75) is 25.0 Å². The Balaban J connectivity index is 1.77. The molecule has 4 aromatic rings. The molecule has 0 aliphatic rings. The van der Waals surface area contributed by atoms with E-state index < -0.39 is 34.8 Å². The third kappa shape index (κ3) is 3.81. The molecule has 0 bridgehead atoms. The second kappa shape index (κ2) is 7.95. The van der Waals surface area contributed by atoms with Crippen LogP contribution in [-0.4, -0.2) is 25.0 Å². The highest BCUT2D eigenvalue weighted by Crippen LogP contribution is 2.40. The molecule has 0 aliphatic carbocycles. The molecule has 1 N–H and O–H groups in total. The van der Waals surface area contributed by atoms with Gasteiger partial charge in [-0.05, 0) is 18.2 Å². The van der Waals surface area contributed by atoms with E-state index in [4.69, 9.17) is 4.52 Å². The summed E-state index contributed by atoms with van der Waals surface area (Å²) in [7, 11) is 0. The summed E-state index contributed by atoms with van der Waals surface area (Å²) in [5.41, 5.74) is -2.30. The van der Waals surface area contributed by atoms with E-state index in [1.54, 1.807) is 0 Å². The van der Waals surface area contributed by atoms with Crippen LogP contribution in [0.1, 0.15) is 24.2 Å². The first-order valence-electron chi connectivity index (χ1n) is 9.21. The Morgan fingerprint density at radius 3 is 2.61 bits per heavy atom. The Labute approximate surface area is 173 Å². The van der Waals surface area contributed by atoms with Gasteiger partial charge in [-0.25, -0.2) is 27.2 Å². The van der Waals surface area contributed by atoms with E-state index in [1.165, 1.54) is 42.5 Å². The number of aromatic nitrogens is 4. The van der Waals surface area contributed by atoms with Crippen molar-refractivity contribution < 1.29 is 27.2 Å². The van der Waals surface area contributed by atoms with Crippen molar-refractivity contribution in [3.63, 3.8) is 0 Å². The number of nitrogens with zero attached hydrogens (tertiary/aromatic N) is 4. The summed E-state index contributed by atoms with van der Waals surface area (Å²) < 4.78 is 62.4. The summed E-state index contributed by atoms with van der Waals surface area (Å²) in [5.74, 6) is -4.80. The summed E-state index contributed by atoms with van der Waals surface area (Å²) >= 11 is 0. The van der Waals surface area contributed by atoms with Gasteiger partial charge >= 0.3 is 0 Å². The zero-order chi connectivity index (χ0) is 22.2. The monoisotopic (exact) mass is 432 g/mol. The summed E-state index contributed by atoms with van der Waals surface area (Å²) in [5, 5.41) is 19.3. The van der Waals surface area contributed by atoms with Crippen LogP contribution in [-0.2, 0) is 12.1 Å². The van der Waals surface area contributed by atoms with Crippen molar-refractivity contribution in [3.8, 4) is 11.3 Å². The van der Waals surface area contributed by atoms with Gasteiger partial charge in [0.1, 0.15) is 41.3 Å². The predicted octanol–water partition coefficient (Wildman–Crippen LogP) is 4.18. The van der Waals surface area contributed by atoms with Crippen LogP contribution in [0.2, 0.25) is 0 Å². The maximum atomic E-state index is 14.6. The van der Waals surface area contributed by atoms with Crippen LogP contribution in [0.15, 0.2) is 59.6 Å². The molecule has 0 amide bonds. The van der Waals surface area contributed by atoms with Gasteiger partial charge in [-0.1, -0.05) is 24.2 Å². The molecule has 10 heteroatoms. The van der Waals surface area contributed by atoms with Gasteiger partial charge in [0, 0.05) is 23.3 Å². The largest absolute Gasteiger partial charge is 0.382 e. The number of halogens is 4. The number of hydrogen-bond acceptors (Lipinski definition) is 5. The number of aliphatic hydroxyl groups is 1. The second-order valence-electron chi connectivity index (χ2n) is 7.08. The average Bonchev–Trinajstić information content (AvgIpc) is 3.41. The molecule has 0 spiro atoms. The quantitative estimate of drug-likeness (QED) is 0.463. The Morgan fingerprint density at radius 1 is 1.10 bits per heavy atom. The lowest BCUT2D eigenvalue weighted by molar-refractivity contribution is -0.0181. The normalized spacial score (nSPS) is 14.4. The van der Waals surface area contributed by atoms with Crippen LogP contribution >= 0.6 is 0 Å². The van der Waals surface area contributed by atoms with Crippen LogP contribution in [0.25, 0.3) is 11.3 Å². The fourth-order valence-electron chi connectivity index (χ4n) is 3.41. The highest BCUT2D eigenvalue weighted by Gasteiger charge is 2.42. The van der Waals surface area contributed by atoms with Gasteiger partial charge in [0.25, 0.3) is 0 Å². The maximum Gasteiger partial charge on any atom is 0.168 e. The summed E-state index contributed by atoms with van der Waals surface area (Å²) in [6, 6.07) is 7.74. The van der Waals surface area contributed by atoms with Crippen molar-refractivity contribution >= 4 is 0 Å². The van der Waals surface area contributed by atoms with E-state index in [0.717, 1.165) is 18.2 Å². The molecule has 160 valence electrons. The topological polar surface area (TPSA) is 77.0 Å². The van der Waals surface area contributed by atoms with E-state index in [0.29, 0.717) is 6.07 Å². The molecular weight excluding hydrogens is 416 g/mol. The van der Waals surface area contributed by atoms with Crippen molar-refractivity contribution in [2.24, 2.45) is 0 Å². The summed E-state index contributed by atoms with van der Waals surface area (Å²) in [6.45, 7) is 1.28. The third-order valence-corrected chi connectivity index (χ3v) is 5.17. The summed E-state index contributed by atoms with van der Waals surface area (Å²) in [6.07, 6.45) is 2.57. The first kappa shape index (κ1) is 20.7. The minimum atomic E-state index is -1.97. The number of hydrogen-bond donors (Lipinski definition) is 1. The molecule has 0 aliphatic heterocycles. The van der Waals surface area contributed by atoms with E-state index in [1.807, 2.05) is 0 Å². The van der Waals surface area contributed by atoms with Crippen LogP contribution in [0, 0.1) is 23.3 Å². The highest BCUT2D eigenvalue weighted by molar-refractivity contribution is 5.60. The van der Waals surface area contributed by atoms with E-state index >= 15 is 0 Å². The first-order chi connectivity index (χ1) is 14.8. The van der Waals surface area contributed by atoms with Gasteiger partial charge in [0.05, 0.1) is 12.5 Å². The molecule has 2 atom stereocenters. The van der Waals surface area contributed by atoms with Gasteiger partial charge < -0.3 is 9.63 Å². The molecule has 2 aromatic carbocycles. The Bertz CT molecular complexity index is 1210. The first-order valence-corrected chi connectivity index (χ1v) is 9.21. The van der Waals surface area contributed by atoms with Crippen molar-refractivity contribution in [1.29, 1.82) is 0 Å². The van der Waals surface area contributed by atoms with E-state index in [9.17, 15) is 22.7 Å². The Hall–Kier alpha value is -3.53. The molecule has 31 heavy (non-hydrogen) atoms. The molecule has 2 aromatic heterocycles. The zero-order valence-electron chi connectivity index (χ0n) is 16.1. The molecule has 0 saturated heterocycles. The molecule has 4 rings (SSSR count). The van der Waals surface area contributed by atoms with E-state index in [2.05, 4.69) is 15.2 Å². The molecule has 0 fully saturated rings. The highest BCUT2D eigenvalue weighted by atomic mass is 19.2. The second-order valence-corrected chi connectivity index (χ2v) is 7.08. The maximum absolute atomic E-state index is 14.6. The van der Waals surface area contributed by atoms with Crippen LogP contribution < -0.4 is 0 Å². The molecule has 0 saturated carbocycles. The average molecular weight is 432 g/mol. The molecular formula is C21H16F4N4O2. The lowest BCUT2D eigenvalue weighted by atomic mass is 9.80. The lowest BCUT2D eigenvalue weighted by Crippen LogP contribution is -2.38. The number of benzene rings is 2. The van der Waals surface area contributed by atoms with Crippen LogP contribution in [0.3, 0.4) is 0 Å². The predicted molar refractivity (Wildman–Crippen MR) is 101 cm³/mol. The SMILES string of the molecule is C[C@@H](c1cc(-c2cccc(F)c2F)no1)[C@](O)(Cn1cncn1)c1ccc(F)cc1F. The standard InChI is InChI=1S/C21H16F4N4O2/c1-12(19-8-18(28-31-19)14-3-2-4-16(23)20(14)25)21(30,9-29-11-26-10-27-29)15-6-5-13(22)7-17(15)24/h2-8,10-12,30H,9H2,1H3/t12-,21+/m0/s1. The van der Waals surface area contributed by atoms with Gasteiger partial charge in [0.2, 0.25) is 0 Å². The summed E-state index contributed by atoms with van der Waals surface area (Å²) in [4.78, 5) is 3.80. The Kier molecular flexibility index (Phi) is 5.32.